The van der Waals surface area contributed by atoms with Crippen LogP contribution in [0.3, 0.4) is 0 Å². The second-order valence-electron chi connectivity index (χ2n) is 15.3. The number of para-hydroxylation sites is 1. The predicted octanol–water partition coefficient (Wildman–Crippen LogP) is 15.2. The number of hydrogen-bond donors (Lipinski definition) is 0. The van der Waals surface area contributed by atoms with E-state index in [0.29, 0.717) is 0 Å². The molecule has 1 nitrogen and oxygen atoms in total. The van der Waals surface area contributed by atoms with Crippen LogP contribution >= 0.6 is 0 Å². The molecule has 10 aromatic carbocycles. The van der Waals surface area contributed by atoms with Gasteiger partial charge in [0.1, 0.15) is 0 Å². The lowest BCUT2D eigenvalue weighted by molar-refractivity contribution is 0.768. The molecule has 0 atom stereocenters. The van der Waals surface area contributed by atoms with Gasteiger partial charge in [0.25, 0.3) is 0 Å². The van der Waals surface area contributed by atoms with Gasteiger partial charge in [-0.05, 0) is 114 Å². The van der Waals surface area contributed by atoms with E-state index in [4.69, 9.17) is 0 Å². The van der Waals surface area contributed by atoms with E-state index >= 15 is 0 Å². The van der Waals surface area contributed by atoms with Crippen molar-refractivity contribution in [3.05, 3.63) is 259 Å². The van der Waals surface area contributed by atoms with Crippen LogP contribution in [-0.2, 0) is 5.41 Å². The molecule has 1 aliphatic rings. The molecular formula is C57H39N. The highest BCUT2D eigenvalue weighted by atomic mass is 15.1. The van der Waals surface area contributed by atoms with E-state index < -0.39 is 5.41 Å². The molecule has 11 rings (SSSR count). The maximum absolute atomic E-state index is 2.46. The van der Waals surface area contributed by atoms with Crippen molar-refractivity contribution in [1.82, 2.24) is 0 Å². The summed E-state index contributed by atoms with van der Waals surface area (Å²) >= 11 is 0. The standard InChI is InChI=1S/C57H39N/c1-4-17-41(18-5-1)51-24-13-15-27-56(51)58(49-33-32-45-37-44(30-31-46(45)38-49)43-29-28-40-16-10-11-19-42(40)36-43)50-34-35-53-52-25-12-14-26-54(52)57(55(53)39-50,47-20-6-2-7-21-47)48-22-8-3-9-23-48/h1-39H. The lowest BCUT2D eigenvalue weighted by atomic mass is 9.67. The molecule has 0 unspecified atom stereocenters. The Balaban J connectivity index is 1.13. The largest absolute Gasteiger partial charge is 0.310 e. The molecular weight excluding hydrogens is 699 g/mol. The molecule has 0 N–H and O–H groups in total. The molecule has 0 saturated heterocycles. The fourth-order valence-electron chi connectivity index (χ4n) is 9.45. The topological polar surface area (TPSA) is 3.24 Å². The first-order valence-corrected chi connectivity index (χ1v) is 20.1. The Labute approximate surface area is 339 Å². The first-order valence-electron chi connectivity index (χ1n) is 20.1. The van der Waals surface area contributed by atoms with Gasteiger partial charge in [0, 0.05) is 16.9 Å². The first kappa shape index (κ1) is 33.8. The highest BCUT2D eigenvalue weighted by molar-refractivity contribution is 5.97. The van der Waals surface area contributed by atoms with Gasteiger partial charge in [-0.3, -0.25) is 0 Å². The number of anilines is 3. The molecule has 0 radical (unpaired) electrons. The summed E-state index contributed by atoms with van der Waals surface area (Å²) in [6, 6.07) is 86.9. The number of fused-ring (bicyclic) bond motifs is 5. The van der Waals surface area contributed by atoms with E-state index in [2.05, 4.69) is 241 Å². The Hall–Kier alpha value is -7.48. The molecule has 0 bridgehead atoms. The Morgan fingerprint density at radius 1 is 0.276 bits per heavy atom. The maximum Gasteiger partial charge on any atom is 0.0714 e. The van der Waals surface area contributed by atoms with Gasteiger partial charge in [-0.2, -0.15) is 0 Å². The van der Waals surface area contributed by atoms with Gasteiger partial charge in [-0.1, -0.05) is 194 Å². The monoisotopic (exact) mass is 737 g/mol. The molecule has 272 valence electrons. The average Bonchev–Trinajstić information content (AvgIpc) is 3.60. The van der Waals surface area contributed by atoms with Crippen LogP contribution in [-0.4, -0.2) is 0 Å². The molecule has 0 fully saturated rings. The average molecular weight is 738 g/mol. The van der Waals surface area contributed by atoms with Crippen LogP contribution in [0.4, 0.5) is 17.1 Å². The number of benzene rings is 10. The van der Waals surface area contributed by atoms with Crippen molar-refractivity contribution in [2.45, 2.75) is 5.41 Å². The van der Waals surface area contributed by atoms with Gasteiger partial charge in [0.05, 0.1) is 11.1 Å². The van der Waals surface area contributed by atoms with Crippen molar-refractivity contribution in [1.29, 1.82) is 0 Å². The Bertz CT molecular complexity index is 3070. The van der Waals surface area contributed by atoms with Gasteiger partial charge >= 0.3 is 0 Å². The molecule has 0 aliphatic heterocycles. The molecule has 1 aliphatic carbocycles. The van der Waals surface area contributed by atoms with Crippen molar-refractivity contribution >= 4 is 38.6 Å². The Morgan fingerprint density at radius 2 is 0.759 bits per heavy atom. The number of rotatable bonds is 7. The van der Waals surface area contributed by atoms with E-state index in [1.165, 1.54) is 77.2 Å². The van der Waals surface area contributed by atoms with Crippen molar-refractivity contribution in [3.8, 4) is 33.4 Å². The number of hydrogen-bond acceptors (Lipinski definition) is 1. The molecule has 0 heterocycles. The lowest BCUT2D eigenvalue weighted by Crippen LogP contribution is -2.28. The fraction of sp³-hybridized carbons (Fsp3) is 0.0175. The zero-order valence-electron chi connectivity index (χ0n) is 32.0. The number of nitrogens with zero attached hydrogens (tertiary/aromatic N) is 1. The van der Waals surface area contributed by atoms with Gasteiger partial charge in [-0.15, -0.1) is 0 Å². The van der Waals surface area contributed by atoms with E-state index in [1.54, 1.807) is 0 Å². The summed E-state index contributed by atoms with van der Waals surface area (Å²) in [6.07, 6.45) is 0. The Morgan fingerprint density at radius 3 is 1.48 bits per heavy atom. The quantitative estimate of drug-likeness (QED) is 0.157. The minimum Gasteiger partial charge on any atom is -0.310 e. The minimum absolute atomic E-state index is 0.502. The van der Waals surface area contributed by atoms with Crippen LogP contribution in [0, 0.1) is 0 Å². The summed E-state index contributed by atoms with van der Waals surface area (Å²) < 4.78 is 0. The summed E-state index contributed by atoms with van der Waals surface area (Å²) in [5, 5.41) is 4.92. The summed E-state index contributed by atoms with van der Waals surface area (Å²) in [5.74, 6) is 0. The fourth-order valence-corrected chi connectivity index (χ4v) is 9.45. The van der Waals surface area contributed by atoms with Crippen molar-refractivity contribution in [2.24, 2.45) is 0 Å². The Kier molecular flexibility index (Phi) is 8.12. The summed E-state index contributed by atoms with van der Waals surface area (Å²) in [7, 11) is 0. The van der Waals surface area contributed by atoms with Crippen LogP contribution in [0.5, 0.6) is 0 Å². The lowest BCUT2D eigenvalue weighted by Gasteiger charge is -2.35. The van der Waals surface area contributed by atoms with Gasteiger partial charge in [0.2, 0.25) is 0 Å². The van der Waals surface area contributed by atoms with Crippen LogP contribution in [0.25, 0.3) is 54.9 Å². The summed E-state index contributed by atoms with van der Waals surface area (Å²) in [5.41, 5.74) is 15.3. The van der Waals surface area contributed by atoms with E-state index in [-0.39, 0.29) is 0 Å². The smallest absolute Gasteiger partial charge is 0.0714 e. The van der Waals surface area contributed by atoms with Crippen LogP contribution in [0.1, 0.15) is 22.3 Å². The second kappa shape index (κ2) is 13.9. The summed E-state index contributed by atoms with van der Waals surface area (Å²) in [4.78, 5) is 2.46. The molecule has 0 spiro atoms. The van der Waals surface area contributed by atoms with E-state index in [9.17, 15) is 0 Å². The zero-order chi connectivity index (χ0) is 38.5. The predicted molar refractivity (Wildman–Crippen MR) is 244 cm³/mol. The van der Waals surface area contributed by atoms with Crippen LogP contribution < -0.4 is 4.90 Å². The highest BCUT2D eigenvalue weighted by Crippen LogP contribution is 2.57. The molecule has 58 heavy (non-hydrogen) atoms. The third kappa shape index (κ3) is 5.47. The van der Waals surface area contributed by atoms with E-state index in [1.807, 2.05) is 0 Å². The van der Waals surface area contributed by atoms with Crippen molar-refractivity contribution in [3.63, 3.8) is 0 Å². The van der Waals surface area contributed by atoms with E-state index in [0.717, 1.165) is 17.1 Å². The van der Waals surface area contributed by atoms with Crippen LogP contribution in [0.15, 0.2) is 237 Å². The maximum atomic E-state index is 2.46. The molecule has 0 saturated carbocycles. The first-order chi connectivity index (χ1) is 28.8. The van der Waals surface area contributed by atoms with Crippen molar-refractivity contribution in [2.75, 3.05) is 4.90 Å². The second-order valence-corrected chi connectivity index (χ2v) is 15.3. The molecule has 1 heteroatoms. The minimum atomic E-state index is -0.502. The summed E-state index contributed by atoms with van der Waals surface area (Å²) in [6.45, 7) is 0. The third-order valence-electron chi connectivity index (χ3n) is 12.1. The van der Waals surface area contributed by atoms with Crippen molar-refractivity contribution < 1.29 is 0 Å². The normalized spacial score (nSPS) is 12.6. The van der Waals surface area contributed by atoms with Gasteiger partial charge < -0.3 is 4.90 Å². The van der Waals surface area contributed by atoms with Gasteiger partial charge in [0.15, 0.2) is 0 Å². The van der Waals surface area contributed by atoms with Gasteiger partial charge in [-0.25, -0.2) is 0 Å². The third-order valence-corrected chi connectivity index (χ3v) is 12.1. The molecule has 10 aromatic rings. The zero-order valence-corrected chi connectivity index (χ0v) is 32.0. The molecule has 0 aromatic heterocycles. The molecule has 0 amide bonds. The SMILES string of the molecule is c1ccc(-c2ccccc2N(c2ccc3c(c2)C(c2ccccc2)(c2ccccc2)c2ccccc2-3)c2ccc3cc(-c4ccc5ccccc5c4)ccc3c2)cc1. The van der Waals surface area contributed by atoms with Crippen LogP contribution in [0.2, 0.25) is 0 Å². The highest BCUT2D eigenvalue weighted by Gasteiger charge is 2.46.